The minimum absolute atomic E-state index is 0. The zero-order valence-corrected chi connectivity index (χ0v) is 39.1. The van der Waals surface area contributed by atoms with Gasteiger partial charge < -0.3 is 20.9 Å². The van der Waals surface area contributed by atoms with Crippen molar-refractivity contribution in [1.29, 1.82) is 0 Å². The quantitative estimate of drug-likeness (QED) is 0.0399. The second-order valence-corrected chi connectivity index (χ2v) is 18.5. The number of carbonyl (C=O) groups is 1. The van der Waals surface area contributed by atoms with E-state index in [0.717, 1.165) is 90.2 Å². The smallest absolute Gasteiger partial charge is 0.293 e. The first-order valence-electron chi connectivity index (χ1n) is 19.5. The van der Waals surface area contributed by atoms with Crippen molar-refractivity contribution in [2.45, 2.75) is 47.7 Å². The number of nitro benzene ring substituents is 1. The van der Waals surface area contributed by atoms with Crippen LogP contribution in [-0.2, 0) is 23.0 Å². The number of piperazine rings is 1. The fraction of sp³-hybridized carbons (Fsp3) is 0.295. The Balaban J connectivity index is 0.00000282. The molecule has 2 heterocycles. The summed E-state index contributed by atoms with van der Waals surface area (Å²) in [6.45, 7) is 3.98. The molecule has 2 atom stereocenters. The van der Waals surface area contributed by atoms with Gasteiger partial charge >= 0.3 is 0 Å². The summed E-state index contributed by atoms with van der Waals surface area (Å²) in [5, 5.41) is 16.2. The number of fused-ring (bicyclic) bond motifs is 3. The SMILES string of the molecule is CN(C)CC[C@H](CSc1ccccc1)Nc1ccc(S(=O)(=O)NC(=O)c2ccc3c(c2)CC[C@@H]2CN(Cc4cc(N)ccc4-c4ccc(Cl)cc4)CCN32)cc1[N+](=O)[O-].Cl.Cl.Cl. The van der Waals surface area contributed by atoms with Crippen LogP contribution in [0, 0.1) is 10.1 Å². The van der Waals surface area contributed by atoms with Crippen LogP contribution in [0.25, 0.3) is 11.1 Å². The zero-order chi connectivity index (χ0) is 41.7. The number of anilines is 3. The van der Waals surface area contributed by atoms with E-state index in [1.807, 2.05) is 91.8 Å². The van der Waals surface area contributed by atoms with Gasteiger partial charge in [0, 0.05) is 76.9 Å². The molecule has 0 saturated carbocycles. The third-order valence-corrected chi connectivity index (χ3v) is 13.6. The van der Waals surface area contributed by atoms with Gasteiger partial charge in [-0.25, -0.2) is 13.1 Å². The molecule has 0 radical (unpaired) electrons. The molecule has 332 valence electrons. The Morgan fingerprint density at radius 3 is 2.42 bits per heavy atom. The molecule has 0 spiro atoms. The Morgan fingerprint density at radius 1 is 0.968 bits per heavy atom. The number of hydrogen-bond donors (Lipinski definition) is 3. The highest BCUT2D eigenvalue weighted by Gasteiger charge is 2.33. The van der Waals surface area contributed by atoms with Gasteiger partial charge in [0.25, 0.3) is 21.6 Å². The third kappa shape index (κ3) is 12.5. The number of nitrogens with zero attached hydrogens (tertiary/aromatic N) is 4. The van der Waals surface area contributed by atoms with Crippen molar-refractivity contribution in [1.82, 2.24) is 14.5 Å². The lowest BCUT2D eigenvalue weighted by molar-refractivity contribution is -0.384. The fourth-order valence-electron chi connectivity index (χ4n) is 7.79. The number of nitrogens with two attached hydrogens (primary N) is 1. The van der Waals surface area contributed by atoms with Gasteiger partial charge in [-0.1, -0.05) is 48.0 Å². The zero-order valence-electron chi connectivity index (χ0n) is 34.2. The predicted octanol–water partition coefficient (Wildman–Crippen LogP) is 9.04. The van der Waals surface area contributed by atoms with Gasteiger partial charge in [-0.05, 0) is 129 Å². The van der Waals surface area contributed by atoms with E-state index in [0.29, 0.717) is 17.2 Å². The molecule has 0 aliphatic carbocycles. The highest BCUT2D eigenvalue weighted by Crippen LogP contribution is 2.36. The topological polar surface area (TPSA) is 154 Å². The van der Waals surface area contributed by atoms with Crippen molar-refractivity contribution in [3.05, 3.63) is 141 Å². The normalized spacial score (nSPS) is 15.2. The molecular formula is C44H51Cl4N7O5S2. The van der Waals surface area contributed by atoms with Gasteiger partial charge in [-0.2, -0.15) is 0 Å². The molecule has 0 aromatic heterocycles. The van der Waals surface area contributed by atoms with Crippen molar-refractivity contribution < 1.29 is 18.1 Å². The number of thioether (sulfide) groups is 1. The molecular weight excluding hydrogens is 912 g/mol. The maximum atomic E-state index is 13.5. The highest BCUT2D eigenvalue weighted by atomic mass is 35.5. The predicted molar refractivity (Wildman–Crippen MR) is 260 cm³/mol. The van der Waals surface area contributed by atoms with Crippen molar-refractivity contribution in [3.8, 4) is 11.1 Å². The van der Waals surface area contributed by atoms with Crippen molar-refractivity contribution in [2.75, 3.05) is 62.0 Å². The number of sulfonamides is 1. The maximum Gasteiger partial charge on any atom is 0.293 e. The van der Waals surface area contributed by atoms with Crippen LogP contribution in [0.15, 0.2) is 119 Å². The standard InChI is InChI=1S/C44H48ClN7O5S2.3ClH/c1-49(2)21-20-36(29-58-38-6-4-3-5-7-38)47-41-18-16-39(26-43(41)52(54)55)59(56,57)48-44(53)32-11-19-42-31(24-32)10-15-37-28-50(22-23-51(37)42)27-33-25-35(46)14-17-40(33)30-8-12-34(45)13-9-30;;;/h3-9,11-14,16-19,24-26,36-37,47H,10,15,20-23,27-29,46H2,1-2H3,(H,48,53);3*1H/t36-,37-;;;/m1.../s1. The molecule has 2 aliphatic rings. The average Bonchev–Trinajstić information content (AvgIpc) is 3.22. The number of nitrogen functional groups attached to an aromatic ring is 1. The molecule has 12 nitrogen and oxygen atoms in total. The van der Waals surface area contributed by atoms with E-state index in [-0.39, 0.29) is 65.5 Å². The minimum atomic E-state index is -4.45. The van der Waals surface area contributed by atoms with Gasteiger partial charge in [-0.15, -0.1) is 49.0 Å². The Hall–Kier alpha value is -4.25. The number of hydrogen-bond acceptors (Lipinski definition) is 11. The number of aryl methyl sites for hydroxylation is 1. The van der Waals surface area contributed by atoms with Crippen molar-refractivity contribution in [3.63, 3.8) is 0 Å². The van der Waals surface area contributed by atoms with Gasteiger partial charge in [0.1, 0.15) is 5.69 Å². The molecule has 7 rings (SSSR count). The largest absolute Gasteiger partial charge is 0.399 e. The number of rotatable bonds is 15. The van der Waals surface area contributed by atoms with Crippen LogP contribution in [0.3, 0.4) is 0 Å². The Labute approximate surface area is 391 Å². The van der Waals surface area contributed by atoms with E-state index in [9.17, 15) is 23.3 Å². The highest BCUT2D eigenvalue weighted by molar-refractivity contribution is 7.99. The number of nitrogens with one attached hydrogen (secondary N) is 2. The fourth-order valence-corrected chi connectivity index (χ4v) is 9.90. The van der Waals surface area contributed by atoms with Crippen LogP contribution in [0.4, 0.5) is 22.7 Å². The lowest BCUT2D eigenvalue weighted by Crippen LogP contribution is -2.54. The third-order valence-electron chi connectivity index (χ3n) is 10.8. The number of amides is 1. The van der Waals surface area contributed by atoms with Gasteiger partial charge in [0.15, 0.2) is 0 Å². The van der Waals surface area contributed by atoms with Crippen molar-refractivity contribution in [2.24, 2.45) is 0 Å². The summed E-state index contributed by atoms with van der Waals surface area (Å²) in [4.78, 5) is 32.7. The average molecular weight is 964 g/mol. The van der Waals surface area contributed by atoms with E-state index in [4.69, 9.17) is 17.3 Å². The van der Waals surface area contributed by atoms with Crippen LogP contribution in [-0.4, -0.2) is 87.2 Å². The van der Waals surface area contributed by atoms with E-state index in [1.54, 1.807) is 23.9 Å². The maximum absolute atomic E-state index is 13.5. The lowest BCUT2D eigenvalue weighted by Gasteiger charge is -2.46. The van der Waals surface area contributed by atoms with Gasteiger partial charge in [0.05, 0.1) is 9.82 Å². The first kappa shape index (κ1) is 50.4. The molecule has 5 aromatic carbocycles. The van der Waals surface area contributed by atoms with Crippen LogP contribution in [0.5, 0.6) is 0 Å². The summed E-state index contributed by atoms with van der Waals surface area (Å²) in [6.07, 6.45) is 2.31. The molecule has 62 heavy (non-hydrogen) atoms. The molecule has 1 fully saturated rings. The molecule has 2 aliphatic heterocycles. The molecule has 0 unspecified atom stereocenters. The first-order valence-corrected chi connectivity index (χ1v) is 22.4. The summed E-state index contributed by atoms with van der Waals surface area (Å²) in [5.74, 6) is -0.163. The molecule has 0 bridgehead atoms. The first-order chi connectivity index (χ1) is 28.3. The minimum Gasteiger partial charge on any atom is -0.399 e. The second kappa shape index (κ2) is 22.4. The van der Waals surface area contributed by atoms with Gasteiger partial charge in [0.2, 0.25) is 0 Å². The summed E-state index contributed by atoms with van der Waals surface area (Å²) >= 11 is 7.79. The van der Waals surface area contributed by atoms with E-state index < -0.39 is 26.5 Å². The number of carbonyl (C=O) groups excluding carboxylic acids is 1. The van der Waals surface area contributed by atoms with Crippen LogP contribution in [0.1, 0.15) is 34.3 Å². The van der Waals surface area contributed by atoms with E-state index in [2.05, 4.69) is 25.9 Å². The number of halogens is 4. The molecule has 5 aromatic rings. The van der Waals surface area contributed by atoms with E-state index >= 15 is 0 Å². The molecule has 4 N–H and O–H groups in total. The molecule has 1 saturated heterocycles. The summed E-state index contributed by atoms with van der Waals surface area (Å²) in [5.41, 5.74) is 12.3. The van der Waals surface area contributed by atoms with Crippen LogP contribution < -0.4 is 20.7 Å². The van der Waals surface area contributed by atoms with Crippen molar-refractivity contribution >= 4 is 99.3 Å². The number of benzene rings is 5. The second-order valence-electron chi connectivity index (χ2n) is 15.3. The van der Waals surface area contributed by atoms with Crippen LogP contribution >= 0.6 is 60.6 Å². The van der Waals surface area contributed by atoms with Crippen LogP contribution in [0.2, 0.25) is 5.02 Å². The summed E-state index contributed by atoms with van der Waals surface area (Å²) in [6, 6.07) is 32.9. The summed E-state index contributed by atoms with van der Waals surface area (Å²) in [7, 11) is -0.524. The molecule has 1 amide bonds. The number of nitro groups is 1. The Morgan fingerprint density at radius 2 is 1.71 bits per heavy atom. The molecule has 18 heteroatoms. The Bertz CT molecular complexity index is 2430. The summed E-state index contributed by atoms with van der Waals surface area (Å²) < 4.78 is 29.2. The van der Waals surface area contributed by atoms with Gasteiger partial charge in [-0.3, -0.25) is 19.8 Å². The Kier molecular flexibility index (Phi) is 18.2. The van der Waals surface area contributed by atoms with E-state index in [1.165, 1.54) is 12.1 Å². The lowest BCUT2D eigenvalue weighted by atomic mass is 9.92. The monoisotopic (exact) mass is 961 g/mol.